The highest BCUT2D eigenvalue weighted by atomic mass is 16.2. The Balaban J connectivity index is 2.22. The predicted molar refractivity (Wildman–Crippen MR) is 86.6 cm³/mol. The summed E-state index contributed by atoms with van der Waals surface area (Å²) in [4.78, 5) is 28.7. The van der Waals surface area contributed by atoms with Crippen molar-refractivity contribution in [3.8, 4) is 6.07 Å². The van der Waals surface area contributed by atoms with Gasteiger partial charge in [0, 0.05) is 19.5 Å². The lowest BCUT2D eigenvalue weighted by molar-refractivity contribution is -0.115. The number of rotatable bonds is 3. The van der Waals surface area contributed by atoms with Crippen LogP contribution < -0.4 is 4.90 Å². The zero-order chi connectivity index (χ0) is 16.4. The molecule has 0 bridgehead atoms. The lowest BCUT2D eigenvalue weighted by atomic mass is 10.0. The minimum Gasteiger partial charge on any atom is -0.326 e. The Bertz CT molecular complexity index is 730. The number of Topliss-reactive ketones (excluding diaryl/α,β-unsaturated/α-hetero) is 1. The zero-order valence-electron chi connectivity index (χ0n) is 13.2. The number of nitriles is 1. The molecular formula is C18H19N3O2. The molecule has 2 heterocycles. The smallest absolute Gasteiger partial charge is 0.261 e. The van der Waals surface area contributed by atoms with Crippen LogP contribution in [-0.4, -0.2) is 29.7 Å². The van der Waals surface area contributed by atoms with Crippen LogP contribution in [0.1, 0.15) is 43.0 Å². The normalized spacial score (nSPS) is 17.6. The number of hydrogen-bond acceptors (Lipinski definition) is 4. The summed E-state index contributed by atoms with van der Waals surface area (Å²) in [6.45, 7) is 3.25. The van der Waals surface area contributed by atoms with Crippen molar-refractivity contribution in [3.63, 3.8) is 0 Å². The standard InChI is InChI=1S/C18H19N3O2/c1-2-3-10-20-15-8-5-4-7-13(15)18(23)21-11-6-9-16(22)14(12-19)17(20)21/h4-5,7-8H,2-3,6,9-11H2,1H3. The van der Waals surface area contributed by atoms with Crippen LogP contribution in [0, 0.1) is 11.3 Å². The first-order valence-electron chi connectivity index (χ1n) is 8.05. The quantitative estimate of drug-likeness (QED) is 0.861. The van der Waals surface area contributed by atoms with E-state index in [0.717, 1.165) is 18.5 Å². The van der Waals surface area contributed by atoms with Gasteiger partial charge in [0.2, 0.25) is 0 Å². The number of amides is 1. The van der Waals surface area contributed by atoms with Gasteiger partial charge in [-0.2, -0.15) is 5.26 Å². The van der Waals surface area contributed by atoms with E-state index in [1.54, 1.807) is 4.90 Å². The highest BCUT2D eigenvalue weighted by Gasteiger charge is 2.38. The third-order valence-corrected chi connectivity index (χ3v) is 4.32. The van der Waals surface area contributed by atoms with Gasteiger partial charge >= 0.3 is 0 Å². The van der Waals surface area contributed by atoms with E-state index < -0.39 is 0 Å². The van der Waals surface area contributed by atoms with Gasteiger partial charge in [-0.25, -0.2) is 0 Å². The zero-order valence-corrected chi connectivity index (χ0v) is 13.2. The van der Waals surface area contributed by atoms with E-state index in [-0.39, 0.29) is 17.3 Å². The Morgan fingerprint density at radius 3 is 2.78 bits per heavy atom. The van der Waals surface area contributed by atoms with Crippen LogP contribution in [0.15, 0.2) is 35.7 Å². The van der Waals surface area contributed by atoms with Crippen LogP contribution in [0.4, 0.5) is 5.69 Å². The average molecular weight is 309 g/mol. The molecule has 5 nitrogen and oxygen atoms in total. The van der Waals surface area contributed by atoms with Gasteiger partial charge in [0.1, 0.15) is 17.5 Å². The molecule has 0 atom stereocenters. The lowest BCUT2D eigenvalue weighted by Crippen LogP contribution is -2.45. The van der Waals surface area contributed by atoms with Crippen molar-refractivity contribution in [2.24, 2.45) is 0 Å². The number of benzene rings is 1. The molecule has 2 aliphatic rings. The maximum atomic E-state index is 12.8. The first-order valence-corrected chi connectivity index (χ1v) is 8.05. The molecule has 0 spiro atoms. The number of allylic oxidation sites excluding steroid dienone is 1. The fraction of sp³-hybridized carbons (Fsp3) is 0.389. The summed E-state index contributed by atoms with van der Waals surface area (Å²) in [6, 6.07) is 9.47. The van der Waals surface area contributed by atoms with E-state index in [4.69, 9.17) is 0 Å². The largest absolute Gasteiger partial charge is 0.326 e. The molecule has 0 aromatic heterocycles. The summed E-state index contributed by atoms with van der Waals surface area (Å²) in [6.07, 6.45) is 2.82. The summed E-state index contributed by atoms with van der Waals surface area (Å²) < 4.78 is 0. The summed E-state index contributed by atoms with van der Waals surface area (Å²) in [5.41, 5.74) is 1.54. The fourth-order valence-electron chi connectivity index (χ4n) is 3.17. The molecule has 23 heavy (non-hydrogen) atoms. The highest BCUT2D eigenvalue weighted by Crippen LogP contribution is 2.36. The second-order valence-corrected chi connectivity index (χ2v) is 5.82. The van der Waals surface area contributed by atoms with Crippen molar-refractivity contribution in [2.45, 2.75) is 32.6 Å². The first-order chi connectivity index (χ1) is 11.2. The van der Waals surface area contributed by atoms with Crippen LogP contribution in [-0.2, 0) is 4.79 Å². The van der Waals surface area contributed by atoms with E-state index in [9.17, 15) is 14.9 Å². The Hall–Kier alpha value is -2.61. The molecule has 118 valence electrons. The number of carbonyl (C=O) groups excluding carboxylic acids is 2. The summed E-state index contributed by atoms with van der Waals surface area (Å²) in [7, 11) is 0. The number of fused-ring (bicyclic) bond motifs is 2. The number of ketones is 1. The molecule has 0 fully saturated rings. The number of hydrogen-bond donors (Lipinski definition) is 0. The van der Waals surface area contributed by atoms with Gasteiger partial charge in [0.25, 0.3) is 5.91 Å². The van der Waals surface area contributed by atoms with Crippen LogP contribution in [0.5, 0.6) is 0 Å². The Labute approximate surface area is 135 Å². The van der Waals surface area contributed by atoms with E-state index in [1.165, 1.54) is 0 Å². The SMILES string of the molecule is CCCCN1C2=C(C#N)C(=O)CCCN2C(=O)c2ccccc21. The highest BCUT2D eigenvalue weighted by molar-refractivity contribution is 6.07. The molecule has 0 N–H and O–H groups in total. The van der Waals surface area contributed by atoms with Gasteiger partial charge in [-0.05, 0) is 25.0 Å². The van der Waals surface area contributed by atoms with Gasteiger partial charge in [-0.15, -0.1) is 0 Å². The van der Waals surface area contributed by atoms with Crippen molar-refractivity contribution in [1.29, 1.82) is 5.26 Å². The average Bonchev–Trinajstić information content (AvgIpc) is 2.73. The molecule has 1 amide bonds. The predicted octanol–water partition coefficient (Wildman–Crippen LogP) is 2.85. The molecule has 0 unspecified atom stereocenters. The lowest BCUT2D eigenvalue weighted by Gasteiger charge is -2.40. The molecule has 0 saturated heterocycles. The summed E-state index contributed by atoms with van der Waals surface area (Å²) in [5.74, 6) is 0.191. The Morgan fingerprint density at radius 2 is 2.04 bits per heavy atom. The van der Waals surface area contributed by atoms with Gasteiger partial charge in [-0.1, -0.05) is 25.5 Å². The molecule has 5 heteroatoms. The van der Waals surface area contributed by atoms with Crippen molar-refractivity contribution < 1.29 is 9.59 Å². The van der Waals surface area contributed by atoms with Gasteiger partial charge in [-0.3, -0.25) is 14.5 Å². The maximum absolute atomic E-state index is 12.8. The minimum absolute atomic E-state index is 0.112. The molecule has 0 aliphatic carbocycles. The molecule has 2 aliphatic heterocycles. The van der Waals surface area contributed by atoms with Crippen LogP contribution >= 0.6 is 0 Å². The second kappa shape index (κ2) is 6.25. The number of unbranched alkanes of at least 4 members (excludes halogenated alkanes) is 1. The van der Waals surface area contributed by atoms with E-state index in [0.29, 0.717) is 37.3 Å². The Morgan fingerprint density at radius 1 is 1.26 bits per heavy atom. The topological polar surface area (TPSA) is 64.4 Å². The van der Waals surface area contributed by atoms with E-state index >= 15 is 0 Å². The molecule has 0 saturated carbocycles. The first kappa shape index (κ1) is 15.3. The number of nitrogens with zero attached hydrogens (tertiary/aromatic N) is 3. The molecule has 1 aromatic carbocycles. The number of para-hydroxylation sites is 1. The monoisotopic (exact) mass is 309 g/mol. The van der Waals surface area contributed by atoms with E-state index in [1.807, 2.05) is 35.2 Å². The summed E-state index contributed by atoms with van der Waals surface area (Å²) in [5, 5.41) is 9.51. The van der Waals surface area contributed by atoms with Gasteiger partial charge in [0.05, 0.1) is 11.3 Å². The molecule has 3 rings (SSSR count). The summed E-state index contributed by atoms with van der Waals surface area (Å²) >= 11 is 0. The number of anilines is 1. The third kappa shape index (κ3) is 2.50. The Kier molecular flexibility index (Phi) is 4.16. The van der Waals surface area contributed by atoms with Gasteiger partial charge < -0.3 is 4.90 Å². The fourth-order valence-corrected chi connectivity index (χ4v) is 3.17. The molecule has 0 radical (unpaired) electrons. The van der Waals surface area contributed by atoms with Crippen molar-refractivity contribution in [1.82, 2.24) is 4.90 Å². The van der Waals surface area contributed by atoms with Crippen molar-refractivity contribution in [3.05, 3.63) is 41.2 Å². The third-order valence-electron chi connectivity index (χ3n) is 4.32. The maximum Gasteiger partial charge on any atom is 0.261 e. The van der Waals surface area contributed by atoms with E-state index in [2.05, 4.69) is 6.92 Å². The molecular weight excluding hydrogens is 290 g/mol. The van der Waals surface area contributed by atoms with Crippen molar-refractivity contribution >= 4 is 17.4 Å². The van der Waals surface area contributed by atoms with Crippen LogP contribution in [0.3, 0.4) is 0 Å². The van der Waals surface area contributed by atoms with Gasteiger partial charge in [0.15, 0.2) is 5.78 Å². The molecule has 1 aromatic rings. The number of carbonyl (C=O) groups is 2. The van der Waals surface area contributed by atoms with Crippen LogP contribution in [0.2, 0.25) is 0 Å². The van der Waals surface area contributed by atoms with Crippen molar-refractivity contribution in [2.75, 3.05) is 18.0 Å². The second-order valence-electron chi connectivity index (χ2n) is 5.82. The minimum atomic E-state index is -0.168. The van der Waals surface area contributed by atoms with Crippen LogP contribution in [0.25, 0.3) is 0 Å².